The van der Waals surface area contributed by atoms with Gasteiger partial charge >= 0.3 is 0 Å². The quantitative estimate of drug-likeness (QED) is 0.105. The molecule has 4 aromatic heterocycles. The first-order valence-corrected chi connectivity index (χ1v) is 20.4. The zero-order chi connectivity index (χ0) is 39.0. The second-order valence-corrected chi connectivity index (χ2v) is 14.7. The normalized spacial score (nSPS) is 15.4. The van der Waals surface area contributed by atoms with Crippen molar-refractivity contribution in [3.63, 3.8) is 0 Å². The van der Waals surface area contributed by atoms with Crippen LogP contribution in [0.2, 0.25) is 0 Å². The van der Waals surface area contributed by atoms with Crippen LogP contribution >= 0.6 is 0 Å². The van der Waals surface area contributed by atoms with Crippen molar-refractivity contribution < 1.29 is 19.1 Å². The highest BCUT2D eigenvalue weighted by molar-refractivity contribution is 5.93. The van der Waals surface area contributed by atoms with Gasteiger partial charge in [-0.2, -0.15) is 10.2 Å². The minimum atomic E-state index is -0.0779. The van der Waals surface area contributed by atoms with Gasteiger partial charge in [-0.25, -0.2) is 19.3 Å². The number of carbonyl (C=O) groups is 2. The van der Waals surface area contributed by atoms with Gasteiger partial charge in [-0.05, 0) is 63.5 Å². The van der Waals surface area contributed by atoms with Crippen LogP contribution in [0, 0.1) is 0 Å². The van der Waals surface area contributed by atoms with E-state index in [2.05, 4.69) is 59.2 Å². The smallest absolute Gasteiger partial charge is 0.224 e. The SMILES string of the molecule is CCc1nc2c(cnn2CC)c(NC2CCOCC2)c1CNC(=O)Cc1ccc(CC(=O)NCc2c(CC)nc3c(cnn3CC)c2NC2CCOCC2)cc1. The van der Waals surface area contributed by atoms with E-state index in [1.807, 2.05) is 46.0 Å². The molecule has 0 atom stereocenters. The van der Waals surface area contributed by atoms with E-state index in [1.54, 1.807) is 0 Å². The van der Waals surface area contributed by atoms with Gasteiger partial charge in [0.1, 0.15) is 0 Å². The van der Waals surface area contributed by atoms with Crippen molar-refractivity contribution in [2.75, 3.05) is 37.1 Å². The number of nitrogens with zero attached hydrogens (tertiary/aromatic N) is 6. The van der Waals surface area contributed by atoms with Crippen LogP contribution < -0.4 is 21.3 Å². The molecule has 5 aromatic rings. The standard InChI is InChI=1S/C42H56N10O4/c1-5-35-31(39(47-29-13-17-55-18-14-29)33-25-45-51(7-3)41(33)49-35)23-43-37(53)21-27-9-11-28(12-10-27)22-38(54)44-24-32-36(6-2)50-42-34(26-46-52(42)8-4)40(32)48-30-15-19-56-20-16-30/h9-12,25-26,29-30H,5-8,13-24H2,1-4H3,(H,43,53)(H,44,54)(H,47,49)(H,48,50). The number of ether oxygens (including phenoxy) is 2. The third-order valence-electron chi connectivity index (χ3n) is 11.0. The van der Waals surface area contributed by atoms with Crippen molar-refractivity contribution in [2.24, 2.45) is 0 Å². The van der Waals surface area contributed by atoms with Gasteiger partial charge < -0.3 is 30.7 Å². The Balaban J connectivity index is 0.985. The van der Waals surface area contributed by atoms with E-state index in [-0.39, 0.29) is 36.7 Å². The number of hydrogen-bond acceptors (Lipinski definition) is 10. The Morgan fingerprint density at radius 2 is 1.04 bits per heavy atom. The molecule has 298 valence electrons. The number of benzene rings is 1. The van der Waals surface area contributed by atoms with Crippen LogP contribution in [-0.4, -0.2) is 79.9 Å². The molecule has 14 heteroatoms. The summed E-state index contributed by atoms with van der Waals surface area (Å²) in [6, 6.07) is 8.28. The predicted molar refractivity (Wildman–Crippen MR) is 218 cm³/mol. The van der Waals surface area contributed by atoms with Crippen LogP contribution in [0.25, 0.3) is 22.1 Å². The van der Waals surface area contributed by atoms with Crippen molar-refractivity contribution in [3.05, 3.63) is 70.3 Å². The third kappa shape index (κ3) is 8.81. The molecule has 6 heterocycles. The molecule has 4 N–H and O–H groups in total. The summed E-state index contributed by atoms with van der Waals surface area (Å²) in [5, 5.41) is 25.0. The number of rotatable bonds is 16. The highest BCUT2D eigenvalue weighted by Crippen LogP contribution is 2.33. The van der Waals surface area contributed by atoms with Gasteiger partial charge in [0.25, 0.3) is 0 Å². The molecule has 0 bridgehead atoms. The molecule has 2 aliphatic heterocycles. The van der Waals surface area contributed by atoms with Gasteiger partial charge in [0.05, 0.1) is 47.4 Å². The molecule has 56 heavy (non-hydrogen) atoms. The van der Waals surface area contributed by atoms with E-state index < -0.39 is 0 Å². The number of fused-ring (bicyclic) bond motifs is 2. The minimum Gasteiger partial charge on any atom is -0.381 e. The average molecular weight is 765 g/mol. The van der Waals surface area contributed by atoms with Crippen LogP contribution in [0.15, 0.2) is 36.7 Å². The predicted octanol–water partition coefficient (Wildman–Crippen LogP) is 5.24. The zero-order valence-corrected chi connectivity index (χ0v) is 33.2. The van der Waals surface area contributed by atoms with E-state index in [1.165, 1.54) is 0 Å². The first-order chi connectivity index (χ1) is 27.4. The number of nitrogens with one attached hydrogen (secondary N) is 4. The van der Waals surface area contributed by atoms with E-state index in [4.69, 9.17) is 19.4 Å². The van der Waals surface area contributed by atoms with Crippen molar-refractivity contribution >= 4 is 45.3 Å². The second-order valence-electron chi connectivity index (χ2n) is 14.7. The second kappa shape index (κ2) is 18.2. The summed E-state index contributed by atoms with van der Waals surface area (Å²) >= 11 is 0. The number of aromatic nitrogens is 6. The largest absolute Gasteiger partial charge is 0.381 e. The Morgan fingerprint density at radius 3 is 1.39 bits per heavy atom. The van der Waals surface area contributed by atoms with Crippen molar-refractivity contribution in [2.45, 2.75) is 117 Å². The third-order valence-corrected chi connectivity index (χ3v) is 11.0. The lowest BCUT2D eigenvalue weighted by Crippen LogP contribution is -2.30. The molecule has 0 radical (unpaired) electrons. The molecule has 1 aromatic carbocycles. The molecule has 7 rings (SSSR count). The van der Waals surface area contributed by atoms with Crippen molar-refractivity contribution in [3.8, 4) is 0 Å². The Labute approximate surface area is 328 Å². The Bertz CT molecular complexity index is 1980. The van der Waals surface area contributed by atoms with Crippen LogP contribution in [0.4, 0.5) is 11.4 Å². The molecule has 2 aliphatic rings. The molecule has 0 spiro atoms. The Kier molecular flexibility index (Phi) is 12.8. The summed E-state index contributed by atoms with van der Waals surface area (Å²) in [7, 11) is 0. The molecular formula is C42H56N10O4. The highest BCUT2D eigenvalue weighted by Gasteiger charge is 2.24. The van der Waals surface area contributed by atoms with Crippen LogP contribution in [0.3, 0.4) is 0 Å². The summed E-state index contributed by atoms with van der Waals surface area (Å²) in [5.74, 6) is -0.156. The molecule has 2 fully saturated rings. The highest BCUT2D eigenvalue weighted by atomic mass is 16.5. The van der Waals surface area contributed by atoms with Gasteiger partial charge in [0.15, 0.2) is 11.3 Å². The molecule has 0 saturated carbocycles. The fourth-order valence-corrected chi connectivity index (χ4v) is 7.85. The Hall–Kier alpha value is -5.08. The van der Waals surface area contributed by atoms with Gasteiger partial charge in [-0.3, -0.25) is 9.59 Å². The lowest BCUT2D eigenvalue weighted by Gasteiger charge is -2.26. The van der Waals surface area contributed by atoms with E-state index in [0.717, 1.165) is 145 Å². The van der Waals surface area contributed by atoms with Crippen LogP contribution in [0.5, 0.6) is 0 Å². The lowest BCUT2D eigenvalue weighted by molar-refractivity contribution is -0.121. The monoisotopic (exact) mass is 764 g/mol. The molecule has 2 saturated heterocycles. The summed E-state index contributed by atoms with van der Waals surface area (Å²) in [6.45, 7) is 13.4. The zero-order valence-electron chi connectivity index (χ0n) is 33.2. The molecular weight excluding hydrogens is 709 g/mol. The first-order valence-electron chi connectivity index (χ1n) is 20.4. The van der Waals surface area contributed by atoms with E-state index in [0.29, 0.717) is 13.1 Å². The van der Waals surface area contributed by atoms with E-state index in [9.17, 15) is 9.59 Å². The van der Waals surface area contributed by atoms with Crippen LogP contribution in [0.1, 0.15) is 87.0 Å². The van der Waals surface area contributed by atoms with Crippen molar-refractivity contribution in [1.29, 1.82) is 0 Å². The number of anilines is 2. The number of amides is 2. The topological polar surface area (TPSA) is 162 Å². The molecule has 2 amide bonds. The maximum absolute atomic E-state index is 13.3. The number of pyridine rings is 2. The van der Waals surface area contributed by atoms with Gasteiger partial charge in [0, 0.05) is 87.2 Å². The summed E-state index contributed by atoms with van der Waals surface area (Å²) in [5.41, 5.74) is 9.39. The molecule has 14 nitrogen and oxygen atoms in total. The number of hydrogen-bond donors (Lipinski definition) is 4. The summed E-state index contributed by atoms with van der Waals surface area (Å²) in [4.78, 5) is 36.6. The number of carbonyl (C=O) groups excluding carboxylic acids is 2. The maximum Gasteiger partial charge on any atom is 0.224 e. The first kappa shape index (κ1) is 39.2. The summed E-state index contributed by atoms with van der Waals surface area (Å²) in [6.07, 6.45) is 9.38. The number of aryl methyl sites for hydroxylation is 4. The van der Waals surface area contributed by atoms with Gasteiger partial charge in [-0.1, -0.05) is 38.1 Å². The van der Waals surface area contributed by atoms with Crippen molar-refractivity contribution in [1.82, 2.24) is 40.2 Å². The lowest BCUT2D eigenvalue weighted by atomic mass is 10.0. The maximum atomic E-state index is 13.3. The Morgan fingerprint density at radius 1 is 0.643 bits per heavy atom. The summed E-state index contributed by atoms with van der Waals surface area (Å²) < 4.78 is 15.1. The van der Waals surface area contributed by atoms with Gasteiger partial charge in [0.2, 0.25) is 11.8 Å². The molecule has 0 aliphatic carbocycles. The fourth-order valence-electron chi connectivity index (χ4n) is 7.85. The molecule has 0 unspecified atom stereocenters. The van der Waals surface area contributed by atoms with Gasteiger partial charge in [-0.15, -0.1) is 0 Å². The van der Waals surface area contributed by atoms with E-state index >= 15 is 0 Å². The fraction of sp³-hybridized carbons (Fsp3) is 0.524. The average Bonchev–Trinajstić information content (AvgIpc) is 3.85. The minimum absolute atomic E-state index is 0.0779. The van der Waals surface area contributed by atoms with Crippen LogP contribution in [-0.2, 0) is 70.9 Å².